The van der Waals surface area contributed by atoms with Gasteiger partial charge in [0.15, 0.2) is 0 Å². The largest absolute Gasteiger partial charge is 0.0929 e. The van der Waals surface area contributed by atoms with Crippen molar-refractivity contribution in [2.45, 2.75) is 0 Å². The topological polar surface area (TPSA) is 0 Å². The van der Waals surface area contributed by atoms with E-state index in [4.69, 9.17) is 34.8 Å². The zero-order valence-electron chi connectivity index (χ0n) is 3.37. The maximum Gasteiger partial charge on any atom is 0.0527 e. The molecule has 0 aromatic rings. The molecule has 0 saturated carbocycles. The zero-order valence-corrected chi connectivity index (χ0v) is 5.63. The Morgan fingerprint density at radius 3 is 2.00 bits per heavy atom. The van der Waals surface area contributed by atoms with Crippen LogP contribution in [0.25, 0.3) is 0 Å². The third-order valence-corrected chi connectivity index (χ3v) is 1.03. The number of rotatable bonds is 1. The molecule has 0 rings (SSSR count). The Morgan fingerprint density at radius 1 is 1.29 bits per heavy atom. The summed E-state index contributed by atoms with van der Waals surface area (Å²) in [7, 11) is 0. The van der Waals surface area contributed by atoms with Crippen LogP contribution < -0.4 is 0 Å². The van der Waals surface area contributed by atoms with Gasteiger partial charge in [0, 0.05) is 11.1 Å². The molecule has 0 aliphatic carbocycles. The highest BCUT2D eigenvalue weighted by Gasteiger charge is 1.75. The molecule has 0 nitrogen and oxygen atoms in total. The van der Waals surface area contributed by atoms with Crippen LogP contribution in [0.5, 0.6) is 0 Å². The van der Waals surface area contributed by atoms with Gasteiger partial charge in [0.05, 0.1) is 5.03 Å². The van der Waals surface area contributed by atoms with Crippen molar-refractivity contribution in [3.63, 3.8) is 0 Å². The molecule has 40 valence electrons. The van der Waals surface area contributed by atoms with Gasteiger partial charge in [-0.3, -0.25) is 0 Å². The van der Waals surface area contributed by atoms with E-state index in [-0.39, 0.29) is 0 Å². The molecule has 0 aromatic heterocycles. The summed E-state index contributed by atoms with van der Waals surface area (Å²) in [5, 5.41) is 0.427. The van der Waals surface area contributed by atoms with Crippen LogP contribution in [0.1, 0.15) is 0 Å². The second-order valence-corrected chi connectivity index (χ2v) is 1.69. The first kappa shape index (κ1) is 7.35. The molecule has 7 heavy (non-hydrogen) atoms. The summed E-state index contributed by atoms with van der Waals surface area (Å²) in [6.07, 6.45) is 1.48. The van der Waals surface area contributed by atoms with Crippen LogP contribution in [0.2, 0.25) is 0 Å². The van der Waals surface area contributed by atoms with Crippen molar-refractivity contribution in [3.8, 4) is 0 Å². The van der Waals surface area contributed by atoms with E-state index in [1.165, 1.54) is 17.1 Å². The predicted molar refractivity (Wildman–Crippen MR) is 34.8 cm³/mol. The Hall–Kier alpha value is 0.350. The van der Waals surface area contributed by atoms with Crippen molar-refractivity contribution in [2.24, 2.45) is 0 Å². The summed E-state index contributed by atoms with van der Waals surface area (Å²) < 4.78 is 0. The van der Waals surface area contributed by atoms with Crippen LogP contribution in [0.3, 0.4) is 0 Å². The lowest BCUT2D eigenvalue weighted by atomic mass is 10.6. The molecule has 3 heteroatoms. The van der Waals surface area contributed by atoms with E-state index in [0.717, 1.165) is 0 Å². The molecule has 0 fully saturated rings. The van der Waals surface area contributed by atoms with E-state index in [1.807, 2.05) is 0 Å². The molecule has 0 saturated heterocycles. The van der Waals surface area contributed by atoms with Crippen LogP contribution in [-0.2, 0) is 0 Å². The summed E-state index contributed by atoms with van der Waals surface area (Å²) in [4.78, 5) is 0. The average molecular weight is 157 g/mol. The number of halogens is 3. The van der Waals surface area contributed by atoms with Crippen molar-refractivity contribution >= 4 is 34.8 Å². The standard InChI is InChI=1S/C4H3Cl3/c5-2-1-4(7)3-6/h1-3H/b2-1+,4-3-. The lowest BCUT2D eigenvalue weighted by Crippen LogP contribution is -1.51. The van der Waals surface area contributed by atoms with Crippen molar-refractivity contribution in [2.75, 3.05) is 0 Å². The number of hydrogen-bond donors (Lipinski definition) is 0. The van der Waals surface area contributed by atoms with Gasteiger partial charge < -0.3 is 0 Å². The lowest BCUT2D eigenvalue weighted by Gasteiger charge is -1.75. The maximum atomic E-state index is 5.32. The van der Waals surface area contributed by atoms with Gasteiger partial charge in [-0.15, -0.1) is 0 Å². The summed E-state index contributed by atoms with van der Waals surface area (Å²) in [6.45, 7) is 0. The zero-order chi connectivity index (χ0) is 5.70. The Balaban J connectivity index is 3.58. The molecule has 0 bridgehead atoms. The Kier molecular flexibility index (Phi) is 4.73. The highest BCUT2D eigenvalue weighted by Crippen LogP contribution is 2.04. The minimum Gasteiger partial charge on any atom is -0.0929 e. The molecular formula is C4H3Cl3. The van der Waals surface area contributed by atoms with Crippen LogP contribution in [0.15, 0.2) is 22.2 Å². The van der Waals surface area contributed by atoms with Gasteiger partial charge in [-0.25, -0.2) is 0 Å². The van der Waals surface area contributed by atoms with E-state index >= 15 is 0 Å². The number of allylic oxidation sites excluding steroid dienone is 2. The molecule has 0 aromatic carbocycles. The fourth-order valence-corrected chi connectivity index (χ4v) is 0.433. The fourth-order valence-electron chi connectivity index (χ4n) is 0.0965. The molecule has 0 unspecified atom stereocenters. The van der Waals surface area contributed by atoms with Gasteiger partial charge in [0.1, 0.15) is 0 Å². The van der Waals surface area contributed by atoms with Gasteiger partial charge in [-0.1, -0.05) is 34.8 Å². The third kappa shape index (κ3) is 4.20. The molecule has 0 atom stereocenters. The minimum atomic E-state index is 0.427. The van der Waals surface area contributed by atoms with E-state index < -0.39 is 0 Å². The van der Waals surface area contributed by atoms with Gasteiger partial charge in [0.2, 0.25) is 0 Å². The molecule has 0 amide bonds. The van der Waals surface area contributed by atoms with Crippen molar-refractivity contribution in [3.05, 3.63) is 22.2 Å². The monoisotopic (exact) mass is 156 g/mol. The van der Waals surface area contributed by atoms with Gasteiger partial charge in [-0.2, -0.15) is 0 Å². The van der Waals surface area contributed by atoms with Crippen LogP contribution in [0.4, 0.5) is 0 Å². The maximum absolute atomic E-state index is 5.32. The molecule has 0 aliphatic heterocycles. The average Bonchev–Trinajstić information content (AvgIpc) is 1.68. The molecule has 0 aliphatic rings. The Labute approximate surface area is 57.4 Å². The smallest absolute Gasteiger partial charge is 0.0527 e. The van der Waals surface area contributed by atoms with Crippen LogP contribution in [-0.4, -0.2) is 0 Å². The van der Waals surface area contributed by atoms with E-state index in [9.17, 15) is 0 Å². The summed E-state index contributed by atoms with van der Waals surface area (Å²) >= 11 is 15.6. The first-order valence-electron chi connectivity index (χ1n) is 1.54. The number of hydrogen-bond acceptors (Lipinski definition) is 0. The Bertz CT molecular complexity index is 93.1. The highest BCUT2D eigenvalue weighted by atomic mass is 35.5. The van der Waals surface area contributed by atoms with Crippen LogP contribution in [0, 0.1) is 0 Å². The van der Waals surface area contributed by atoms with Gasteiger partial charge in [0.25, 0.3) is 0 Å². The Morgan fingerprint density at radius 2 is 1.86 bits per heavy atom. The second kappa shape index (κ2) is 4.51. The lowest BCUT2D eigenvalue weighted by molar-refractivity contribution is 1.98. The molecule has 0 N–H and O–H groups in total. The summed E-state index contributed by atoms with van der Waals surface area (Å²) in [5.74, 6) is 0. The molecule has 0 radical (unpaired) electrons. The first-order chi connectivity index (χ1) is 3.31. The molecule has 0 heterocycles. The van der Waals surface area contributed by atoms with E-state index in [0.29, 0.717) is 5.03 Å². The third-order valence-electron chi connectivity index (χ3n) is 0.326. The minimum absolute atomic E-state index is 0.427. The summed E-state index contributed by atoms with van der Waals surface area (Å²) in [5.41, 5.74) is 2.53. The van der Waals surface area contributed by atoms with Crippen LogP contribution >= 0.6 is 34.8 Å². The molecule has 0 spiro atoms. The SMILES string of the molecule is Cl/C=C(Cl)/C=C/Cl. The first-order valence-corrected chi connectivity index (χ1v) is 2.79. The predicted octanol–water partition coefficient (Wildman–Crippen LogP) is 3.06. The van der Waals surface area contributed by atoms with Gasteiger partial charge in [-0.05, 0) is 6.08 Å². The van der Waals surface area contributed by atoms with Crippen molar-refractivity contribution in [1.82, 2.24) is 0 Å². The summed E-state index contributed by atoms with van der Waals surface area (Å²) in [6, 6.07) is 0. The molecular weight excluding hydrogens is 154 g/mol. The van der Waals surface area contributed by atoms with Crippen molar-refractivity contribution < 1.29 is 0 Å². The normalized spacial score (nSPS) is 13.3. The highest BCUT2D eigenvalue weighted by molar-refractivity contribution is 6.38. The fraction of sp³-hybridized carbons (Fsp3) is 0. The second-order valence-electron chi connectivity index (χ2n) is 0.787. The van der Waals surface area contributed by atoms with Gasteiger partial charge >= 0.3 is 0 Å². The van der Waals surface area contributed by atoms with Crippen molar-refractivity contribution in [1.29, 1.82) is 0 Å². The van der Waals surface area contributed by atoms with E-state index in [2.05, 4.69) is 0 Å². The quantitative estimate of drug-likeness (QED) is 0.513. The van der Waals surface area contributed by atoms with E-state index in [1.54, 1.807) is 0 Å².